The zero-order valence-corrected chi connectivity index (χ0v) is 9.12. The van der Waals surface area contributed by atoms with Gasteiger partial charge in [0.15, 0.2) is 0 Å². The van der Waals surface area contributed by atoms with Crippen LogP contribution in [-0.2, 0) is 22.3 Å². The molecule has 0 unspecified atom stereocenters. The Morgan fingerprint density at radius 3 is 2.39 bits per heavy atom. The Bertz CT molecular complexity index is 457. The summed E-state index contributed by atoms with van der Waals surface area (Å²) < 4.78 is 37.7. The standard InChI is InChI=1S/C11H10F3NO3/c12-11(13,14)8-4-2-1-3-7(8)6-15-9(16)5-10(17)18/h1-4H,5-6H2,(H,15,16)(H,17,18). The third-order valence-corrected chi connectivity index (χ3v) is 2.11. The van der Waals surface area contributed by atoms with Crippen LogP contribution in [0.5, 0.6) is 0 Å². The van der Waals surface area contributed by atoms with Crippen LogP contribution in [-0.4, -0.2) is 17.0 Å². The number of alkyl halides is 3. The largest absolute Gasteiger partial charge is 0.481 e. The molecular formula is C11H10F3NO3. The van der Waals surface area contributed by atoms with Gasteiger partial charge in [-0.25, -0.2) is 0 Å². The summed E-state index contributed by atoms with van der Waals surface area (Å²) in [4.78, 5) is 21.2. The van der Waals surface area contributed by atoms with Gasteiger partial charge in [0.2, 0.25) is 5.91 Å². The average Bonchev–Trinajstić information content (AvgIpc) is 2.24. The highest BCUT2D eigenvalue weighted by atomic mass is 19.4. The SMILES string of the molecule is O=C(O)CC(=O)NCc1ccccc1C(F)(F)F. The van der Waals surface area contributed by atoms with Gasteiger partial charge in [0.05, 0.1) is 5.56 Å². The number of carboxylic acids is 1. The van der Waals surface area contributed by atoms with E-state index in [2.05, 4.69) is 5.32 Å². The molecule has 0 radical (unpaired) electrons. The molecular weight excluding hydrogens is 251 g/mol. The maximum absolute atomic E-state index is 12.6. The maximum Gasteiger partial charge on any atom is 0.416 e. The number of carbonyl (C=O) groups excluding carboxylic acids is 1. The Hall–Kier alpha value is -2.05. The Labute approximate surface area is 100 Å². The maximum atomic E-state index is 12.6. The summed E-state index contributed by atoms with van der Waals surface area (Å²) >= 11 is 0. The number of halogens is 3. The smallest absolute Gasteiger partial charge is 0.416 e. The van der Waals surface area contributed by atoms with Crippen LogP contribution in [0.4, 0.5) is 13.2 Å². The lowest BCUT2D eigenvalue weighted by atomic mass is 10.1. The fourth-order valence-corrected chi connectivity index (χ4v) is 1.34. The minimum absolute atomic E-state index is 0.108. The van der Waals surface area contributed by atoms with Crippen LogP contribution in [0, 0.1) is 0 Å². The molecule has 7 heteroatoms. The van der Waals surface area contributed by atoms with E-state index in [1.54, 1.807) is 0 Å². The fourth-order valence-electron chi connectivity index (χ4n) is 1.34. The van der Waals surface area contributed by atoms with Crippen molar-refractivity contribution >= 4 is 11.9 Å². The van der Waals surface area contributed by atoms with E-state index >= 15 is 0 Å². The number of carbonyl (C=O) groups is 2. The zero-order chi connectivity index (χ0) is 13.8. The molecule has 0 aliphatic rings. The quantitative estimate of drug-likeness (QED) is 0.812. The normalized spacial score (nSPS) is 11.1. The van der Waals surface area contributed by atoms with Crippen molar-refractivity contribution in [1.29, 1.82) is 0 Å². The molecule has 1 rings (SSSR count). The van der Waals surface area contributed by atoms with Gasteiger partial charge in [0.1, 0.15) is 6.42 Å². The number of benzene rings is 1. The molecule has 0 saturated heterocycles. The molecule has 0 aliphatic carbocycles. The fraction of sp³-hybridized carbons (Fsp3) is 0.273. The molecule has 1 amide bonds. The summed E-state index contributed by atoms with van der Waals surface area (Å²) in [6, 6.07) is 4.78. The van der Waals surface area contributed by atoms with Crippen molar-refractivity contribution in [1.82, 2.24) is 5.32 Å². The van der Waals surface area contributed by atoms with Crippen molar-refractivity contribution in [3.05, 3.63) is 35.4 Å². The monoisotopic (exact) mass is 261 g/mol. The number of nitrogens with one attached hydrogen (secondary N) is 1. The molecule has 2 N–H and O–H groups in total. The topological polar surface area (TPSA) is 66.4 Å². The van der Waals surface area contributed by atoms with E-state index in [-0.39, 0.29) is 12.1 Å². The van der Waals surface area contributed by atoms with E-state index < -0.39 is 30.0 Å². The molecule has 1 aromatic rings. The number of aliphatic carboxylic acids is 1. The van der Waals surface area contributed by atoms with Gasteiger partial charge in [0, 0.05) is 6.54 Å². The third kappa shape index (κ3) is 4.08. The van der Waals surface area contributed by atoms with Crippen LogP contribution in [0.3, 0.4) is 0 Å². The summed E-state index contributed by atoms with van der Waals surface area (Å²) in [6.45, 7) is -0.359. The van der Waals surface area contributed by atoms with Crippen molar-refractivity contribution in [3.8, 4) is 0 Å². The minimum Gasteiger partial charge on any atom is -0.481 e. The predicted octanol–water partition coefficient (Wildman–Crippen LogP) is 1.80. The first-order valence-electron chi connectivity index (χ1n) is 4.94. The molecule has 0 fully saturated rings. The molecule has 18 heavy (non-hydrogen) atoms. The Morgan fingerprint density at radius 1 is 1.22 bits per heavy atom. The number of carboxylic acid groups (broad SMARTS) is 1. The summed E-state index contributed by atoms with van der Waals surface area (Å²) in [5.74, 6) is -2.17. The van der Waals surface area contributed by atoms with Crippen molar-refractivity contribution in [2.45, 2.75) is 19.1 Å². The van der Waals surface area contributed by atoms with Gasteiger partial charge in [-0.15, -0.1) is 0 Å². The van der Waals surface area contributed by atoms with E-state index in [0.717, 1.165) is 6.07 Å². The summed E-state index contributed by atoms with van der Waals surface area (Å²) in [7, 11) is 0. The third-order valence-electron chi connectivity index (χ3n) is 2.11. The van der Waals surface area contributed by atoms with Crippen molar-refractivity contribution < 1.29 is 27.9 Å². The van der Waals surface area contributed by atoms with Crippen LogP contribution >= 0.6 is 0 Å². The van der Waals surface area contributed by atoms with Crippen LogP contribution < -0.4 is 5.32 Å². The lowest BCUT2D eigenvalue weighted by Crippen LogP contribution is -2.26. The first-order chi connectivity index (χ1) is 8.30. The van der Waals surface area contributed by atoms with Gasteiger partial charge >= 0.3 is 12.1 Å². The molecule has 98 valence electrons. The van der Waals surface area contributed by atoms with Gasteiger partial charge in [-0.3, -0.25) is 9.59 Å². The van der Waals surface area contributed by atoms with Gasteiger partial charge in [-0.2, -0.15) is 13.2 Å². The molecule has 0 aromatic heterocycles. The second-order valence-electron chi connectivity index (χ2n) is 3.50. The van der Waals surface area contributed by atoms with Crippen LogP contribution in [0.2, 0.25) is 0 Å². The van der Waals surface area contributed by atoms with Crippen LogP contribution in [0.25, 0.3) is 0 Å². The van der Waals surface area contributed by atoms with Crippen LogP contribution in [0.1, 0.15) is 17.5 Å². The molecule has 0 atom stereocenters. The van der Waals surface area contributed by atoms with Crippen molar-refractivity contribution in [2.75, 3.05) is 0 Å². The first-order valence-corrected chi connectivity index (χ1v) is 4.94. The van der Waals surface area contributed by atoms with E-state index in [1.165, 1.54) is 18.2 Å². The Kier molecular flexibility index (Phi) is 4.30. The molecule has 0 saturated carbocycles. The zero-order valence-electron chi connectivity index (χ0n) is 9.12. The van der Waals surface area contributed by atoms with E-state index in [4.69, 9.17) is 5.11 Å². The summed E-state index contributed by atoms with van der Waals surface area (Å²) in [5, 5.41) is 10.4. The van der Waals surface area contributed by atoms with E-state index in [9.17, 15) is 22.8 Å². The first kappa shape index (κ1) is 14.0. The Balaban J connectivity index is 2.74. The summed E-state index contributed by atoms with van der Waals surface area (Å²) in [6.07, 6.45) is -5.28. The minimum atomic E-state index is -4.51. The van der Waals surface area contributed by atoms with Crippen LogP contribution in [0.15, 0.2) is 24.3 Å². The second kappa shape index (κ2) is 5.52. The highest BCUT2D eigenvalue weighted by Gasteiger charge is 2.32. The summed E-state index contributed by atoms with van der Waals surface area (Å²) in [5.41, 5.74) is -0.954. The number of hydrogen-bond acceptors (Lipinski definition) is 2. The predicted molar refractivity (Wildman–Crippen MR) is 55.5 cm³/mol. The molecule has 0 spiro atoms. The van der Waals surface area contributed by atoms with Crippen molar-refractivity contribution in [3.63, 3.8) is 0 Å². The average molecular weight is 261 g/mol. The molecule has 1 aromatic carbocycles. The highest BCUT2D eigenvalue weighted by Crippen LogP contribution is 2.31. The molecule has 4 nitrogen and oxygen atoms in total. The van der Waals surface area contributed by atoms with Gasteiger partial charge < -0.3 is 10.4 Å². The lowest BCUT2D eigenvalue weighted by Gasteiger charge is -2.12. The van der Waals surface area contributed by atoms with Gasteiger partial charge in [-0.1, -0.05) is 18.2 Å². The Morgan fingerprint density at radius 2 is 1.83 bits per heavy atom. The number of amides is 1. The number of rotatable bonds is 4. The molecule has 0 bridgehead atoms. The lowest BCUT2D eigenvalue weighted by molar-refractivity contribution is -0.141. The van der Waals surface area contributed by atoms with E-state index in [0.29, 0.717) is 0 Å². The van der Waals surface area contributed by atoms with Gasteiger partial charge in [0.25, 0.3) is 0 Å². The number of hydrogen-bond donors (Lipinski definition) is 2. The second-order valence-corrected chi connectivity index (χ2v) is 3.50. The molecule has 0 aliphatic heterocycles. The highest BCUT2D eigenvalue weighted by molar-refractivity contribution is 5.93. The molecule has 0 heterocycles. The van der Waals surface area contributed by atoms with E-state index in [1.807, 2.05) is 0 Å². The van der Waals surface area contributed by atoms with Crippen molar-refractivity contribution in [2.24, 2.45) is 0 Å². The van der Waals surface area contributed by atoms with Gasteiger partial charge in [-0.05, 0) is 11.6 Å².